The molecule has 2 aromatic rings. The zero-order valence-electron chi connectivity index (χ0n) is 13.7. The van der Waals surface area contributed by atoms with Crippen LogP contribution in [0.3, 0.4) is 0 Å². The summed E-state index contributed by atoms with van der Waals surface area (Å²) in [6, 6.07) is 6.32. The van der Waals surface area contributed by atoms with E-state index in [0.29, 0.717) is 19.3 Å². The van der Waals surface area contributed by atoms with Crippen molar-refractivity contribution in [1.29, 1.82) is 0 Å². The minimum Gasteiger partial charge on any atom is -0.493 e. The number of carbonyl (C=O) groups excluding carboxylic acids is 1. The second-order valence-corrected chi connectivity index (χ2v) is 6.01. The topological polar surface area (TPSA) is 51.9 Å². The van der Waals surface area contributed by atoms with Gasteiger partial charge in [-0.15, -0.1) is 0 Å². The molecule has 5 nitrogen and oxygen atoms in total. The molecule has 0 bridgehead atoms. The number of rotatable bonds is 9. The Kier molecular flexibility index (Phi) is 4.86. The van der Waals surface area contributed by atoms with Crippen molar-refractivity contribution in [3.8, 4) is 5.75 Å². The summed E-state index contributed by atoms with van der Waals surface area (Å²) in [7, 11) is 1.68. The Labute approximate surface area is 136 Å². The quantitative estimate of drug-likeness (QED) is 0.524. The second-order valence-electron chi connectivity index (χ2n) is 6.01. The van der Waals surface area contributed by atoms with Crippen LogP contribution >= 0.6 is 0 Å². The average Bonchev–Trinajstić information content (AvgIpc) is 3.27. The first-order valence-corrected chi connectivity index (χ1v) is 8.10. The molecule has 0 radical (unpaired) electrons. The van der Waals surface area contributed by atoms with Gasteiger partial charge in [0, 0.05) is 26.2 Å². The molecule has 1 aromatic heterocycles. The van der Waals surface area contributed by atoms with Crippen LogP contribution in [0.5, 0.6) is 5.75 Å². The molecular weight excluding hydrogens is 294 g/mol. The monoisotopic (exact) mass is 317 g/mol. The maximum Gasteiger partial charge on any atom is 0.210 e. The predicted molar refractivity (Wildman–Crippen MR) is 87.5 cm³/mol. The molecule has 1 unspecified atom stereocenters. The van der Waals surface area contributed by atoms with Crippen molar-refractivity contribution in [3.05, 3.63) is 30.0 Å². The lowest BCUT2D eigenvalue weighted by Gasteiger charge is -2.25. The van der Waals surface area contributed by atoms with E-state index >= 15 is 0 Å². The molecule has 124 valence electrons. The first kappa shape index (κ1) is 15.9. The Balaban J connectivity index is 1.83. The Morgan fingerprint density at radius 3 is 2.91 bits per heavy atom. The van der Waals surface area contributed by atoms with Gasteiger partial charge in [-0.25, -0.2) is 0 Å². The molecule has 23 heavy (non-hydrogen) atoms. The van der Waals surface area contributed by atoms with Crippen molar-refractivity contribution >= 4 is 17.4 Å². The molecule has 1 aromatic carbocycles. The molecule has 5 heteroatoms. The van der Waals surface area contributed by atoms with Gasteiger partial charge in [0.25, 0.3) is 0 Å². The van der Waals surface area contributed by atoms with E-state index in [2.05, 4.69) is 0 Å². The van der Waals surface area contributed by atoms with Crippen molar-refractivity contribution in [3.63, 3.8) is 0 Å². The predicted octanol–water partition coefficient (Wildman–Crippen LogP) is 3.53. The van der Waals surface area contributed by atoms with E-state index < -0.39 is 0 Å². The number of hydrogen-bond acceptors (Lipinski definition) is 4. The molecule has 3 rings (SSSR count). The highest BCUT2D eigenvalue weighted by molar-refractivity contribution is 5.85. The Hall–Kier alpha value is -2.01. The molecule has 1 atom stereocenters. The van der Waals surface area contributed by atoms with Crippen molar-refractivity contribution < 1.29 is 18.7 Å². The zero-order valence-corrected chi connectivity index (χ0v) is 13.7. The lowest BCUT2D eigenvalue weighted by Crippen LogP contribution is -2.27. The van der Waals surface area contributed by atoms with Crippen molar-refractivity contribution in [2.24, 2.45) is 0 Å². The summed E-state index contributed by atoms with van der Waals surface area (Å²) in [5.74, 6) is 0.802. The van der Waals surface area contributed by atoms with Crippen LogP contribution in [0.4, 0.5) is 0 Å². The number of methoxy groups -OCH3 is 1. The van der Waals surface area contributed by atoms with Crippen molar-refractivity contribution in [1.82, 2.24) is 4.90 Å². The third kappa shape index (κ3) is 3.50. The van der Waals surface area contributed by atoms with Gasteiger partial charge in [-0.1, -0.05) is 0 Å². The van der Waals surface area contributed by atoms with Crippen LogP contribution in [0.2, 0.25) is 0 Å². The van der Waals surface area contributed by atoms with Crippen LogP contribution in [0, 0.1) is 0 Å². The number of nitrogens with zero attached hydrogens (tertiary/aromatic N) is 1. The molecule has 1 heterocycles. The van der Waals surface area contributed by atoms with E-state index in [1.807, 2.05) is 30.0 Å². The summed E-state index contributed by atoms with van der Waals surface area (Å²) < 4.78 is 16.5. The van der Waals surface area contributed by atoms with E-state index in [1.54, 1.807) is 13.4 Å². The van der Waals surface area contributed by atoms with Crippen LogP contribution in [0.1, 0.15) is 37.8 Å². The van der Waals surface area contributed by atoms with Gasteiger partial charge in [0.1, 0.15) is 11.3 Å². The Morgan fingerprint density at radius 2 is 2.22 bits per heavy atom. The van der Waals surface area contributed by atoms with Crippen LogP contribution in [-0.4, -0.2) is 37.7 Å². The highest BCUT2D eigenvalue weighted by Gasteiger charge is 2.32. The summed E-state index contributed by atoms with van der Waals surface area (Å²) in [4.78, 5) is 13.3. The van der Waals surface area contributed by atoms with Crippen LogP contribution in [0.25, 0.3) is 11.0 Å². The van der Waals surface area contributed by atoms with Gasteiger partial charge in [-0.05, 0) is 43.5 Å². The SMILES string of the molecule is COCCCOc1cc(C(C)N(C=O)C2CC2)cc2occc12. The van der Waals surface area contributed by atoms with Crippen molar-refractivity contribution in [2.75, 3.05) is 20.3 Å². The summed E-state index contributed by atoms with van der Waals surface area (Å²) in [6.45, 7) is 3.31. The molecule has 0 N–H and O–H groups in total. The molecule has 0 spiro atoms. The van der Waals surface area contributed by atoms with Gasteiger partial charge in [0.2, 0.25) is 6.41 Å². The first-order valence-electron chi connectivity index (χ1n) is 8.10. The number of hydrogen-bond donors (Lipinski definition) is 0. The van der Waals surface area contributed by atoms with Crippen LogP contribution < -0.4 is 4.74 Å². The lowest BCUT2D eigenvalue weighted by atomic mass is 10.0. The molecule has 0 saturated heterocycles. The number of fused-ring (bicyclic) bond motifs is 1. The highest BCUT2D eigenvalue weighted by Crippen LogP contribution is 2.36. The van der Waals surface area contributed by atoms with Gasteiger partial charge in [0.15, 0.2) is 0 Å². The van der Waals surface area contributed by atoms with E-state index in [4.69, 9.17) is 13.9 Å². The van der Waals surface area contributed by atoms with Gasteiger partial charge in [-0.2, -0.15) is 0 Å². The largest absolute Gasteiger partial charge is 0.493 e. The van der Waals surface area contributed by atoms with E-state index in [1.165, 1.54) is 0 Å². The van der Waals surface area contributed by atoms with Crippen LogP contribution in [-0.2, 0) is 9.53 Å². The highest BCUT2D eigenvalue weighted by atomic mass is 16.5. The third-order valence-electron chi connectivity index (χ3n) is 4.33. The number of ether oxygens (including phenoxy) is 2. The smallest absolute Gasteiger partial charge is 0.210 e. The number of amides is 1. The second kappa shape index (κ2) is 7.04. The molecule has 1 saturated carbocycles. The van der Waals surface area contributed by atoms with Crippen molar-refractivity contribution in [2.45, 2.75) is 38.3 Å². The Bertz CT molecular complexity index is 662. The summed E-state index contributed by atoms with van der Waals surface area (Å²) in [5.41, 5.74) is 1.82. The lowest BCUT2D eigenvalue weighted by molar-refractivity contribution is -0.120. The fraction of sp³-hybridized carbons (Fsp3) is 0.500. The minimum atomic E-state index is 0.0100. The third-order valence-corrected chi connectivity index (χ3v) is 4.33. The molecular formula is C18H23NO4. The van der Waals surface area contributed by atoms with Gasteiger partial charge in [0.05, 0.1) is 24.3 Å². The van der Waals surface area contributed by atoms with Gasteiger partial charge >= 0.3 is 0 Å². The summed E-state index contributed by atoms with van der Waals surface area (Å²) in [5, 5.41) is 0.961. The fourth-order valence-electron chi connectivity index (χ4n) is 2.84. The van der Waals surface area contributed by atoms with Gasteiger partial charge in [-0.3, -0.25) is 4.79 Å². The maximum absolute atomic E-state index is 11.4. The molecule has 1 aliphatic carbocycles. The number of benzene rings is 1. The normalized spacial score (nSPS) is 15.6. The number of carbonyl (C=O) groups is 1. The minimum absolute atomic E-state index is 0.0100. The Morgan fingerprint density at radius 1 is 1.39 bits per heavy atom. The summed E-state index contributed by atoms with van der Waals surface area (Å²) in [6.07, 6.45) is 5.63. The molecule has 1 fully saturated rings. The maximum atomic E-state index is 11.4. The van der Waals surface area contributed by atoms with E-state index in [0.717, 1.165) is 48.0 Å². The summed E-state index contributed by atoms with van der Waals surface area (Å²) >= 11 is 0. The van der Waals surface area contributed by atoms with E-state index in [-0.39, 0.29) is 6.04 Å². The van der Waals surface area contributed by atoms with E-state index in [9.17, 15) is 4.79 Å². The number of furan rings is 1. The molecule has 1 aliphatic rings. The average molecular weight is 317 g/mol. The zero-order chi connectivity index (χ0) is 16.2. The molecule has 1 amide bonds. The molecule has 0 aliphatic heterocycles. The van der Waals surface area contributed by atoms with Crippen LogP contribution in [0.15, 0.2) is 28.9 Å². The van der Waals surface area contributed by atoms with Gasteiger partial charge < -0.3 is 18.8 Å². The first-order chi connectivity index (χ1) is 11.2. The fourth-order valence-corrected chi connectivity index (χ4v) is 2.84. The standard InChI is InChI=1S/C18H23NO4/c1-13(19(12-20)15-4-5-15)14-10-17(22-8-3-7-21-2)16-6-9-23-18(16)11-14/h6,9-13,15H,3-5,7-8H2,1-2H3.